The summed E-state index contributed by atoms with van der Waals surface area (Å²) in [6.45, 7) is 0.831. The Bertz CT molecular complexity index is 723. The zero-order chi connectivity index (χ0) is 13.5. The van der Waals surface area contributed by atoms with E-state index in [2.05, 4.69) is 25.4 Å². The molecule has 0 saturated heterocycles. The fourth-order valence-electron chi connectivity index (χ4n) is 1.95. The van der Waals surface area contributed by atoms with E-state index in [1.807, 2.05) is 0 Å². The molecule has 1 aromatic heterocycles. The summed E-state index contributed by atoms with van der Waals surface area (Å²) in [5.41, 5.74) is 1.98. The van der Waals surface area contributed by atoms with E-state index in [1.54, 1.807) is 25.2 Å². The molecule has 0 amide bonds. The van der Waals surface area contributed by atoms with Gasteiger partial charge in [0.1, 0.15) is 0 Å². The van der Waals surface area contributed by atoms with Crippen LogP contribution in [0.1, 0.15) is 5.56 Å². The van der Waals surface area contributed by atoms with Gasteiger partial charge in [-0.25, -0.2) is 13.1 Å². The second kappa shape index (κ2) is 4.19. The molecule has 8 nitrogen and oxygen atoms in total. The highest BCUT2D eigenvalue weighted by Crippen LogP contribution is 2.25. The van der Waals surface area contributed by atoms with Crippen molar-refractivity contribution < 1.29 is 8.42 Å². The molecule has 9 heteroatoms. The molecule has 1 aliphatic rings. The first-order chi connectivity index (χ1) is 9.04. The molecule has 0 spiro atoms. The van der Waals surface area contributed by atoms with Crippen LogP contribution in [0.2, 0.25) is 0 Å². The summed E-state index contributed by atoms with van der Waals surface area (Å²) in [5.74, 6) is -0.0406. The first-order valence-corrected chi connectivity index (χ1v) is 7.16. The molecule has 0 unspecified atom stereocenters. The Balaban J connectivity index is 1.92. The predicted octanol–water partition coefficient (Wildman–Crippen LogP) is -0.0211. The molecule has 1 aliphatic heterocycles. The zero-order valence-corrected chi connectivity index (χ0v) is 11.0. The molecule has 0 bridgehead atoms. The van der Waals surface area contributed by atoms with Crippen molar-refractivity contribution in [3.05, 3.63) is 23.8 Å². The van der Waals surface area contributed by atoms with Crippen LogP contribution in [0.15, 0.2) is 23.1 Å². The number of tetrazole rings is 1. The fraction of sp³-hybridized carbons (Fsp3) is 0.300. The van der Waals surface area contributed by atoms with Crippen LogP contribution in [0, 0.1) is 0 Å². The average molecular weight is 280 g/mol. The van der Waals surface area contributed by atoms with Crippen molar-refractivity contribution in [2.24, 2.45) is 7.05 Å². The Morgan fingerprint density at radius 2 is 2.26 bits per heavy atom. The molecule has 100 valence electrons. The molecule has 0 atom stereocenters. The summed E-state index contributed by atoms with van der Waals surface area (Å²) in [4.78, 5) is 1.38. The van der Waals surface area contributed by atoms with Crippen LogP contribution < -0.4 is 10.0 Å². The topological polar surface area (TPSA) is 102 Å². The zero-order valence-electron chi connectivity index (χ0n) is 10.2. The molecular formula is C10H12N6O2S. The SMILES string of the molecule is Cn1nnc(NS(=O)(=O)c2ccc3c(c2)CCN3)n1. The van der Waals surface area contributed by atoms with Gasteiger partial charge in [0.2, 0.25) is 0 Å². The van der Waals surface area contributed by atoms with E-state index < -0.39 is 10.0 Å². The van der Waals surface area contributed by atoms with E-state index in [9.17, 15) is 8.42 Å². The van der Waals surface area contributed by atoms with Gasteiger partial charge < -0.3 is 5.32 Å². The van der Waals surface area contributed by atoms with E-state index >= 15 is 0 Å². The summed E-state index contributed by atoms with van der Waals surface area (Å²) < 4.78 is 26.6. The lowest BCUT2D eigenvalue weighted by molar-refractivity contribution is 0.600. The minimum Gasteiger partial charge on any atom is -0.384 e. The molecular weight excluding hydrogens is 268 g/mol. The van der Waals surface area contributed by atoms with Crippen LogP contribution in [0.3, 0.4) is 0 Å². The highest BCUT2D eigenvalue weighted by Gasteiger charge is 2.19. The summed E-state index contributed by atoms with van der Waals surface area (Å²) in [6, 6.07) is 4.98. The number of rotatable bonds is 3. The van der Waals surface area contributed by atoms with E-state index in [0.717, 1.165) is 24.2 Å². The van der Waals surface area contributed by atoms with Crippen LogP contribution in [-0.4, -0.2) is 35.2 Å². The van der Waals surface area contributed by atoms with Gasteiger partial charge in [0, 0.05) is 12.2 Å². The second-order valence-corrected chi connectivity index (χ2v) is 5.89. The lowest BCUT2D eigenvalue weighted by Crippen LogP contribution is -2.14. The number of hydrogen-bond acceptors (Lipinski definition) is 6. The van der Waals surface area contributed by atoms with Gasteiger partial charge in [-0.05, 0) is 35.4 Å². The number of fused-ring (bicyclic) bond motifs is 1. The fourth-order valence-corrected chi connectivity index (χ4v) is 2.94. The maximum absolute atomic E-state index is 12.2. The van der Waals surface area contributed by atoms with Crippen LogP contribution in [0.4, 0.5) is 11.6 Å². The number of anilines is 2. The summed E-state index contributed by atoms with van der Waals surface area (Å²) in [7, 11) is -2.12. The third kappa shape index (κ3) is 2.24. The first-order valence-electron chi connectivity index (χ1n) is 5.68. The molecule has 19 heavy (non-hydrogen) atoms. The van der Waals surface area contributed by atoms with Crippen molar-refractivity contribution in [1.82, 2.24) is 20.2 Å². The molecule has 2 heterocycles. The van der Waals surface area contributed by atoms with Gasteiger partial charge in [-0.1, -0.05) is 5.10 Å². The Morgan fingerprint density at radius 1 is 1.42 bits per heavy atom. The molecule has 2 N–H and O–H groups in total. The maximum Gasteiger partial charge on any atom is 0.277 e. The smallest absolute Gasteiger partial charge is 0.277 e. The van der Waals surface area contributed by atoms with Gasteiger partial charge in [0.15, 0.2) is 0 Å². The minimum absolute atomic E-state index is 0.0406. The van der Waals surface area contributed by atoms with Crippen LogP contribution in [0.25, 0.3) is 0 Å². The highest BCUT2D eigenvalue weighted by molar-refractivity contribution is 7.92. The largest absolute Gasteiger partial charge is 0.384 e. The van der Waals surface area contributed by atoms with Crippen molar-refractivity contribution in [3.63, 3.8) is 0 Å². The Hall–Kier alpha value is -2.16. The number of sulfonamides is 1. The minimum atomic E-state index is -3.68. The monoisotopic (exact) mass is 280 g/mol. The molecule has 3 rings (SSSR count). The summed E-state index contributed by atoms with van der Waals surface area (Å²) in [5, 5.41) is 14.1. The Kier molecular flexibility index (Phi) is 2.63. The number of benzene rings is 1. The normalized spacial score (nSPS) is 13.9. The van der Waals surface area contributed by atoms with Crippen molar-refractivity contribution in [1.29, 1.82) is 0 Å². The number of aryl methyl sites for hydroxylation is 1. The van der Waals surface area contributed by atoms with Gasteiger partial charge in [-0.3, -0.25) is 0 Å². The number of aromatic nitrogens is 4. The van der Waals surface area contributed by atoms with Crippen LogP contribution >= 0.6 is 0 Å². The van der Waals surface area contributed by atoms with Gasteiger partial charge in [-0.15, -0.1) is 5.10 Å². The van der Waals surface area contributed by atoms with Crippen LogP contribution in [0.5, 0.6) is 0 Å². The average Bonchev–Trinajstić information content (AvgIpc) is 2.96. The van der Waals surface area contributed by atoms with Crippen molar-refractivity contribution in [2.75, 3.05) is 16.6 Å². The highest BCUT2D eigenvalue weighted by atomic mass is 32.2. The molecule has 1 aromatic carbocycles. The van der Waals surface area contributed by atoms with Gasteiger partial charge in [0.05, 0.1) is 11.9 Å². The van der Waals surface area contributed by atoms with E-state index in [4.69, 9.17) is 0 Å². The standard InChI is InChI=1S/C10H12N6O2S/c1-16-13-10(12-15-16)14-19(17,18)8-2-3-9-7(6-8)4-5-11-9/h2-3,6,11H,4-5H2,1H3,(H,13,14). The predicted molar refractivity (Wildman–Crippen MR) is 68.2 cm³/mol. The van der Waals surface area contributed by atoms with Gasteiger partial charge >= 0.3 is 0 Å². The van der Waals surface area contributed by atoms with Crippen molar-refractivity contribution >= 4 is 21.7 Å². The molecule has 0 saturated carbocycles. The third-order valence-corrected chi connectivity index (χ3v) is 4.16. The molecule has 0 fully saturated rings. The quantitative estimate of drug-likeness (QED) is 0.819. The van der Waals surface area contributed by atoms with E-state index in [1.165, 1.54) is 4.80 Å². The van der Waals surface area contributed by atoms with Crippen LogP contribution in [-0.2, 0) is 23.5 Å². The van der Waals surface area contributed by atoms with E-state index in [0.29, 0.717) is 0 Å². The maximum atomic E-state index is 12.2. The lowest BCUT2D eigenvalue weighted by Gasteiger charge is -2.06. The Morgan fingerprint density at radius 3 is 3.00 bits per heavy atom. The van der Waals surface area contributed by atoms with Gasteiger partial charge in [0.25, 0.3) is 16.0 Å². The summed E-state index contributed by atoms with van der Waals surface area (Å²) >= 11 is 0. The lowest BCUT2D eigenvalue weighted by atomic mass is 10.2. The molecule has 2 aromatic rings. The van der Waals surface area contributed by atoms with Crippen molar-refractivity contribution in [3.8, 4) is 0 Å². The van der Waals surface area contributed by atoms with Gasteiger partial charge in [-0.2, -0.15) is 4.80 Å². The third-order valence-electron chi connectivity index (χ3n) is 2.83. The number of hydrogen-bond donors (Lipinski definition) is 2. The molecule has 0 aliphatic carbocycles. The molecule has 0 radical (unpaired) electrons. The first kappa shape index (κ1) is 11.9. The summed E-state index contributed by atoms with van der Waals surface area (Å²) in [6.07, 6.45) is 0.822. The second-order valence-electron chi connectivity index (χ2n) is 4.20. The number of nitrogens with zero attached hydrogens (tertiary/aromatic N) is 4. The van der Waals surface area contributed by atoms with Crippen molar-refractivity contribution in [2.45, 2.75) is 11.3 Å². The Labute approximate surface area is 109 Å². The number of nitrogens with one attached hydrogen (secondary N) is 2. The van der Waals surface area contributed by atoms with E-state index in [-0.39, 0.29) is 10.8 Å².